The third kappa shape index (κ3) is 5.07. The Morgan fingerprint density at radius 3 is 2.48 bits per heavy atom. The maximum absolute atomic E-state index is 13.4. The number of ether oxygens (including phenoxy) is 3. The van der Waals surface area contributed by atoms with Gasteiger partial charge in [0.15, 0.2) is 0 Å². The fraction of sp³-hybridized carbons (Fsp3) is 0.316. The minimum atomic E-state index is -4.60. The summed E-state index contributed by atoms with van der Waals surface area (Å²) in [6.45, 7) is 3.19. The molecule has 0 aliphatic rings. The molecule has 0 aliphatic carbocycles. The molecule has 0 unspecified atom stereocenters. The molecule has 0 fully saturated rings. The van der Waals surface area contributed by atoms with Crippen LogP contribution in [0.2, 0.25) is 5.02 Å². The summed E-state index contributed by atoms with van der Waals surface area (Å²) in [6.07, 6.45) is -5.17. The fourth-order valence-electron chi connectivity index (χ4n) is 2.45. The summed E-state index contributed by atoms with van der Waals surface area (Å²) in [5, 5.41) is 0.191. The van der Waals surface area contributed by atoms with E-state index in [0.29, 0.717) is 23.1 Å². The second kappa shape index (κ2) is 8.52. The minimum absolute atomic E-state index is 0.145. The Kier molecular flexibility index (Phi) is 6.59. The van der Waals surface area contributed by atoms with Crippen LogP contribution < -0.4 is 9.47 Å². The molecule has 2 aromatic carbocycles. The predicted octanol–water partition coefficient (Wildman–Crippen LogP) is 5.95. The first kappa shape index (κ1) is 20.9. The molecule has 2 aromatic rings. The summed E-state index contributed by atoms with van der Waals surface area (Å²) in [5.74, 6) is -0.247. The number of carbonyl (C=O) groups excluding carboxylic acids is 1. The van der Waals surface area contributed by atoms with Gasteiger partial charge >= 0.3 is 12.3 Å². The second-order valence-electron chi connectivity index (χ2n) is 5.69. The lowest BCUT2D eigenvalue weighted by Gasteiger charge is -2.18. The zero-order valence-corrected chi connectivity index (χ0v) is 15.7. The number of halogens is 4. The van der Waals surface area contributed by atoms with Gasteiger partial charge in [-0.15, -0.1) is 0 Å². The lowest BCUT2D eigenvalue weighted by Crippen LogP contribution is -2.12. The highest BCUT2D eigenvalue weighted by Crippen LogP contribution is 2.40. The third-order valence-corrected chi connectivity index (χ3v) is 4.29. The molecule has 0 bridgehead atoms. The molecule has 4 nitrogen and oxygen atoms in total. The van der Waals surface area contributed by atoms with Crippen LogP contribution in [0.3, 0.4) is 0 Å². The summed E-state index contributed by atoms with van der Waals surface area (Å²) in [6, 6.07) is 7.01. The molecule has 0 aliphatic heterocycles. The van der Waals surface area contributed by atoms with Crippen molar-refractivity contribution in [2.75, 3.05) is 7.11 Å². The normalized spacial score (nSPS) is 11.2. The fourth-order valence-corrected chi connectivity index (χ4v) is 2.74. The Balaban J connectivity index is 2.37. The van der Waals surface area contributed by atoms with Crippen LogP contribution in [0.25, 0.3) is 0 Å². The number of hydrogen-bond donors (Lipinski definition) is 0. The van der Waals surface area contributed by atoms with Crippen LogP contribution in [-0.2, 0) is 23.9 Å². The zero-order chi connectivity index (χ0) is 20.2. The van der Waals surface area contributed by atoms with Crippen molar-refractivity contribution >= 4 is 17.8 Å². The van der Waals surface area contributed by atoms with E-state index in [-0.39, 0.29) is 17.4 Å². The first-order chi connectivity index (χ1) is 12.7. The van der Waals surface area contributed by atoms with Crippen LogP contribution in [0.4, 0.5) is 18.0 Å². The molecule has 2 rings (SSSR count). The van der Waals surface area contributed by atoms with Crippen LogP contribution >= 0.6 is 11.6 Å². The predicted molar refractivity (Wildman–Crippen MR) is 94.4 cm³/mol. The number of carbonyl (C=O) groups is 1. The monoisotopic (exact) mass is 402 g/mol. The van der Waals surface area contributed by atoms with Crippen LogP contribution in [0.1, 0.15) is 29.2 Å². The van der Waals surface area contributed by atoms with Gasteiger partial charge in [0, 0.05) is 10.6 Å². The highest BCUT2D eigenvalue weighted by atomic mass is 35.5. The summed E-state index contributed by atoms with van der Waals surface area (Å²) in [4.78, 5) is 11.4. The lowest BCUT2D eigenvalue weighted by molar-refractivity contribution is -0.139. The van der Waals surface area contributed by atoms with E-state index in [9.17, 15) is 18.0 Å². The van der Waals surface area contributed by atoms with Gasteiger partial charge in [0.1, 0.15) is 18.1 Å². The van der Waals surface area contributed by atoms with E-state index >= 15 is 0 Å². The molecule has 0 saturated heterocycles. The van der Waals surface area contributed by atoms with Gasteiger partial charge in [-0.1, -0.05) is 30.7 Å². The highest BCUT2D eigenvalue weighted by molar-refractivity contribution is 6.31. The molecule has 0 spiro atoms. The first-order valence-corrected chi connectivity index (χ1v) is 8.41. The number of methoxy groups -OCH3 is 1. The van der Waals surface area contributed by atoms with E-state index < -0.39 is 23.6 Å². The van der Waals surface area contributed by atoms with Gasteiger partial charge in [-0.3, -0.25) is 0 Å². The third-order valence-electron chi connectivity index (χ3n) is 3.93. The van der Waals surface area contributed by atoms with E-state index in [0.717, 1.165) is 19.2 Å². The molecule has 0 amide bonds. The van der Waals surface area contributed by atoms with Crippen molar-refractivity contribution in [1.82, 2.24) is 0 Å². The summed E-state index contributed by atoms with van der Waals surface area (Å²) < 4.78 is 55.1. The van der Waals surface area contributed by atoms with E-state index in [1.807, 2.05) is 0 Å². The van der Waals surface area contributed by atoms with Gasteiger partial charge in [-0.05, 0) is 42.7 Å². The minimum Gasteiger partial charge on any atom is -0.488 e. The molecule has 27 heavy (non-hydrogen) atoms. The van der Waals surface area contributed by atoms with Crippen molar-refractivity contribution in [2.24, 2.45) is 0 Å². The van der Waals surface area contributed by atoms with E-state index in [1.54, 1.807) is 26.0 Å². The van der Waals surface area contributed by atoms with E-state index in [2.05, 4.69) is 4.74 Å². The van der Waals surface area contributed by atoms with Crippen LogP contribution in [0.5, 0.6) is 11.5 Å². The van der Waals surface area contributed by atoms with Crippen LogP contribution in [-0.4, -0.2) is 13.3 Å². The maximum Gasteiger partial charge on any atom is 0.513 e. The van der Waals surface area contributed by atoms with Crippen molar-refractivity contribution < 1.29 is 32.2 Å². The highest BCUT2D eigenvalue weighted by Gasteiger charge is 2.35. The van der Waals surface area contributed by atoms with Gasteiger partial charge < -0.3 is 14.2 Å². The van der Waals surface area contributed by atoms with E-state index in [1.165, 1.54) is 6.07 Å². The molecular weight excluding hydrogens is 385 g/mol. The van der Waals surface area contributed by atoms with Gasteiger partial charge in [0.25, 0.3) is 0 Å². The van der Waals surface area contributed by atoms with Gasteiger partial charge in [-0.2, -0.15) is 13.2 Å². The Hall–Kier alpha value is -2.41. The number of benzene rings is 2. The molecule has 0 aromatic heterocycles. The molecule has 0 heterocycles. The van der Waals surface area contributed by atoms with Crippen molar-refractivity contribution in [3.05, 3.63) is 57.6 Å². The standard InChI is InChI=1S/C19H18ClF3O4/c1-4-12-8-14(19(21,22)23)17(9-15(12)20)26-10-13-11(2)6-5-7-16(13)27-18(24)25-3/h5-9H,4,10H2,1-3H3. The Morgan fingerprint density at radius 2 is 1.89 bits per heavy atom. The SMILES string of the molecule is CCc1cc(C(F)(F)F)c(OCc2c(C)cccc2OC(=O)OC)cc1Cl. The topological polar surface area (TPSA) is 44.8 Å². The van der Waals surface area contributed by atoms with E-state index in [4.69, 9.17) is 21.1 Å². The van der Waals surface area contributed by atoms with Crippen molar-refractivity contribution in [1.29, 1.82) is 0 Å². The maximum atomic E-state index is 13.4. The number of aryl methyl sites for hydroxylation is 2. The summed E-state index contributed by atoms with van der Waals surface area (Å²) in [5.41, 5.74) is 0.572. The van der Waals surface area contributed by atoms with Crippen LogP contribution in [0.15, 0.2) is 30.3 Å². The van der Waals surface area contributed by atoms with Crippen molar-refractivity contribution in [3.63, 3.8) is 0 Å². The quantitative estimate of drug-likeness (QED) is 0.457. The molecule has 0 radical (unpaired) electrons. The molecule has 0 saturated carbocycles. The molecule has 0 N–H and O–H groups in total. The Bertz CT molecular complexity index is 834. The van der Waals surface area contributed by atoms with Gasteiger partial charge in [0.05, 0.1) is 12.7 Å². The van der Waals surface area contributed by atoms with Crippen molar-refractivity contribution in [3.8, 4) is 11.5 Å². The van der Waals surface area contributed by atoms with Crippen LogP contribution in [0, 0.1) is 6.92 Å². The molecule has 146 valence electrons. The Labute approximate surface area is 159 Å². The smallest absolute Gasteiger partial charge is 0.488 e. The average Bonchev–Trinajstić information content (AvgIpc) is 2.60. The lowest BCUT2D eigenvalue weighted by atomic mass is 10.1. The average molecular weight is 403 g/mol. The summed E-state index contributed by atoms with van der Waals surface area (Å²) >= 11 is 6.05. The largest absolute Gasteiger partial charge is 0.513 e. The van der Waals surface area contributed by atoms with Gasteiger partial charge in [-0.25, -0.2) is 4.79 Å². The van der Waals surface area contributed by atoms with Crippen molar-refractivity contribution in [2.45, 2.75) is 33.1 Å². The zero-order valence-electron chi connectivity index (χ0n) is 14.9. The number of hydrogen-bond acceptors (Lipinski definition) is 4. The summed E-state index contributed by atoms with van der Waals surface area (Å²) in [7, 11) is 1.15. The van der Waals surface area contributed by atoms with Gasteiger partial charge in [0.2, 0.25) is 0 Å². The second-order valence-corrected chi connectivity index (χ2v) is 6.09. The molecule has 8 heteroatoms. The first-order valence-electron chi connectivity index (χ1n) is 8.04. The Morgan fingerprint density at radius 1 is 1.19 bits per heavy atom. The number of rotatable bonds is 5. The number of alkyl halides is 3. The molecular formula is C19H18ClF3O4. The molecule has 0 atom stereocenters.